The van der Waals surface area contributed by atoms with E-state index in [0.29, 0.717) is 28.8 Å². The Balaban J connectivity index is 1.32. The first kappa shape index (κ1) is 17.3. The summed E-state index contributed by atoms with van der Waals surface area (Å²) in [6, 6.07) is 8.69. The molecule has 27 heavy (non-hydrogen) atoms. The smallest absolute Gasteiger partial charge is 0.244 e. The van der Waals surface area contributed by atoms with Crippen molar-refractivity contribution in [2.45, 2.75) is 25.8 Å². The summed E-state index contributed by atoms with van der Waals surface area (Å²) < 4.78 is 21.5. The predicted molar refractivity (Wildman–Crippen MR) is 99.6 cm³/mol. The van der Waals surface area contributed by atoms with Crippen LogP contribution in [0.2, 0.25) is 0 Å². The zero-order valence-corrected chi connectivity index (χ0v) is 14.9. The van der Waals surface area contributed by atoms with Crippen LogP contribution in [0.25, 0.3) is 11.8 Å². The third kappa shape index (κ3) is 4.00. The molecule has 1 fully saturated rings. The van der Waals surface area contributed by atoms with E-state index in [1.807, 2.05) is 12.1 Å². The number of aromatic nitrogens is 2. The van der Waals surface area contributed by atoms with E-state index < -0.39 is 0 Å². The minimum absolute atomic E-state index is 0.243. The Morgan fingerprint density at radius 1 is 1.41 bits per heavy atom. The van der Waals surface area contributed by atoms with Crippen LogP contribution in [0.5, 0.6) is 0 Å². The van der Waals surface area contributed by atoms with Crippen molar-refractivity contribution in [1.29, 1.82) is 0 Å². The fraction of sp³-hybridized carbons (Fsp3) is 0.238. The lowest BCUT2D eigenvalue weighted by atomic mass is 10.2. The zero-order chi connectivity index (χ0) is 18.8. The van der Waals surface area contributed by atoms with Gasteiger partial charge in [0, 0.05) is 30.9 Å². The molecule has 1 amide bonds. The lowest BCUT2D eigenvalue weighted by Crippen LogP contribution is -2.20. The number of hydrogen-bond acceptors (Lipinski definition) is 3. The van der Waals surface area contributed by atoms with E-state index in [4.69, 9.17) is 4.42 Å². The van der Waals surface area contributed by atoms with E-state index in [1.165, 1.54) is 18.5 Å². The molecule has 138 valence electrons. The standard InChI is InChI=1S/C21H20FN3O2/c1-14-10-17(14)20-6-3-16(27-20)4-7-21(26)24-12-15-2-5-19(18(22)11-15)25-9-8-23-13-25/h2-9,11,13-14,17H,10,12H2,1H3,(H,24,26)/b7-4+. The van der Waals surface area contributed by atoms with Gasteiger partial charge in [-0.3, -0.25) is 4.79 Å². The van der Waals surface area contributed by atoms with Crippen molar-refractivity contribution < 1.29 is 13.6 Å². The number of nitrogens with one attached hydrogen (secondary N) is 1. The van der Waals surface area contributed by atoms with Gasteiger partial charge >= 0.3 is 0 Å². The van der Waals surface area contributed by atoms with Crippen LogP contribution < -0.4 is 5.32 Å². The van der Waals surface area contributed by atoms with Crippen LogP contribution in [0.3, 0.4) is 0 Å². The van der Waals surface area contributed by atoms with Gasteiger partial charge in [-0.25, -0.2) is 9.37 Å². The van der Waals surface area contributed by atoms with Gasteiger partial charge < -0.3 is 14.3 Å². The first-order valence-electron chi connectivity index (χ1n) is 8.92. The summed E-state index contributed by atoms with van der Waals surface area (Å²) in [6.07, 6.45) is 9.04. The van der Waals surface area contributed by atoms with Gasteiger partial charge in [-0.2, -0.15) is 0 Å². The van der Waals surface area contributed by atoms with Gasteiger partial charge in [0.2, 0.25) is 5.91 Å². The second-order valence-electron chi connectivity index (χ2n) is 6.87. The summed E-state index contributed by atoms with van der Waals surface area (Å²) in [4.78, 5) is 15.9. The number of furan rings is 1. The Labute approximate surface area is 156 Å². The normalized spacial score (nSPS) is 18.7. The van der Waals surface area contributed by atoms with Crippen molar-refractivity contribution in [3.05, 3.63) is 78.0 Å². The van der Waals surface area contributed by atoms with Gasteiger partial charge in [0.1, 0.15) is 17.3 Å². The maximum absolute atomic E-state index is 14.2. The summed E-state index contributed by atoms with van der Waals surface area (Å²) in [5.74, 6) is 2.21. The molecule has 2 unspecified atom stereocenters. The molecule has 0 spiro atoms. The summed E-state index contributed by atoms with van der Waals surface area (Å²) in [7, 11) is 0. The first-order valence-corrected chi connectivity index (χ1v) is 8.92. The molecule has 1 aliphatic carbocycles. The highest BCUT2D eigenvalue weighted by atomic mass is 19.1. The second-order valence-corrected chi connectivity index (χ2v) is 6.87. The van der Waals surface area contributed by atoms with E-state index in [2.05, 4.69) is 17.2 Å². The van der Waals surface area contributed by atoms with Gasteiger partial charge in [0.25, 0.3) is 0 Å². The minimum Gasteiger partial charge on any atom is -0.461 e. The number of hydrogen-bond donors (Lipinski definition) is 1. The first-order chi connectivity index (χ1) is 13.1. The number of amides is 1. The third-order valence-electron chi connectivity index (χ3n) is 4.78. The number of rotatable bonds is 6. The Morgan fingerprint density at radius 2 is 2.26 bits per heavy atom. The van der Waals surface area contributed by atoms with Crippen molar-refractivity contribution in [3.63, 3.8) is 0 Å². The molecule has 2 atom stereocenters. The van der Waals surface area contributed by atoms with Crippen LogP contribution in [-0.2, 0) is 11.3 Å². The number of halogens is 1. The second kappa shape index (κ2) is 7.23. The molecule has 0 radical (unpaired) electrons. The lowest BCUT2D eigenvalue weighted by molar-refractivity contribution is -0.116. The van der Waals surface area contributed by atoms with Gasteiger partial charge in [-0.05, 0) is 48.2 Å². The highest BCUT2D eigenvalue weighted by Crippen LogP contribution is 2.47. The number of carbonyl (C=O) groups is 1. The molecule has 6 heteroatoms. The Kier molecular flexibility index (Phi) is 4.62. The van der Waals surface area contributed by atoms with Gasteiger partial charge in [-0.1, -0.05) is 13.0 Å². The molecule has 5 nitrogen and oxygen atoms in total. The van der Waals surface area contributed by atoms with Gasteiger partial charge in [0.05, 0.1) is 12.0 Å². The van der Waals surface area contributed by atoms with Gasteiger partial charge in [-0.15, -0.1) is 0 Å². The average molecular weight is 365 g/mol. The molecule has 1 N–H and O–H groups in total. The summed E-state index contributed by atoms with van der Waals surface area (Å²) in [5.41, 5.74) is 1.10. The number of imidazole rings is 1. The van der Waals surface area contributed by atoms with Crippen molar-refractivity contribution >= 4 is 12.0 Å². The van der Waals surface area contributed by atoms with Crippen LogP contribution in [0.1, 0.15) is 36.3 Å². The maximum Gasteiger partial charge on any atom is 0.244 e. The minimum atomic E-state index is -0.368. The lowest BCUT2D eigenvalue weighted by Gasteiger charge is -2.07. The van der Waals surface area contributed by atoms with E-state index in [1.54, 1.807) is 35.2 Å². The van der Waals surface area contributed by atoms with Crippen molar-refractivity contribution in [2.24, 2.45) is 5.92 Å². The van der Waals surface area contributed by atoms with E-state index in [9.17, 15) is 9.18 Å². The summed E-state index contributed by atoms with van der Waals surface area (Å²) in [6.45, 7) is 2.44. The Hall–Kier alpha value is -3.15. The number of benzene rings is 1. The Bertz CT molecular complexity index is 975. The number of nitrogens with zero attached hydrogens (tertiary/aromatic N) is 2. The Morgan fingerprint density at radius 3 is 2.96 bits per heavy atom. The van der Waals surface area contributed by atoms with Crippen molar-refractivity contribution in [3.8, 4) is 5.69 Å². The predicted octanol–water partition coefficient (Wildman–Crippen LogP) is 4.06. The van der Waals surface area contributed by atoms with Crippen molar-refractivity contribution in [2.75, 3.05) is 0 Å². The highest BCUT2D eigenvalue weighted by molar-refractivity contribution is 5.91. The fourth-order valence-electron chi connectivity index (χ4n) is 3.05. The molecule has 2 heterocycles. The van der Waals surface area contributed by atoms with Crippen LogP contribution in [-0.4, -0.2) is 15.5 Å². The van der Waals surface area contributed by atoms with Crippen molar-refractivity contribution in [1.82, 2.24) is 14.9 Å². The molecule has 3 aromatic rings. The average Bonchev–Trinajstić information content (AvgIpc) is 3.09. The van der Waals surface area contributed by atoms with Crippen LogP contribution in [0.15, 0.2) is 59.5 Å². The SMILES string of the molecule is CC1CC1c1ccc(/C=C/C(=O)NCc2ccc(-n3ccnc3)c(F)c2)o1. The summed E-state index contributed by atoms with van der Waals surface area (Å²) in [5, 5.41) is 2.75. The summed E-state index contributed by atoms with van der Waals surface area (Å²) >= 11 is 0. The number of carbonyl (C=O) groups excluding carboxylic acids is 1. The van der Waals surface area contributed by atoms with Crippen LogP contribution in [0, 0.1) is 11.7 Å². The molecular weight excluding hydrogens is 345 g/mol. The molecule has 1 aliphatic rings. The monoisotopic (exact) mass is 365 g/mol. The zero-order valence-electron chi connectivity index (χ0n) is 14.9. The molecule has 4 rings (SSSR count). The quantitative estimate of drug-likeness (QED) is 0.670. The van der Waals surface area contributed by atoms with E-state index in [-0.39, 0.29) is 18.3 Å². The van der Waals surface area contributed by atoms with E-state index >= 15 is 0 Å². The third-order valence-corrected chi connectivity index (χ3v) is 4.78. The molecular formula is C21H20FN3O2. The topological polar surface area (TPSA) is 60.1 Å². The molecule has 0 saturated heterocycles. The van der Waals surface area contributed by atoms with E-state index in [0.717, 1.165) is 12.2 Å². The fourth-order valence-corrected chi connectivity index (χ4v) is 3.05. The van der Waals surface area contributed by atoms with Gasteiger partial charge in [0.15, 0.2) is 0 Å². The van der Waals surface area contributed by atoms with Crippen LogP contribution >= 0.6 is 0 Å². The molecule has 1 aromatic carbocycles. The largest absolute Gasteiger partial charge is 0.461 e. The molecule has 0 aliphatic heterocycles. The molecule has 2 aromatic heterocycles. The molecule has 1 saturated carbocycles. The van der Waals surface area contributed by atoms with Crippen LogP contribution in [0.4, 0.5) is 4.39 Å². The maximum atomic E-state index is 14.2. The molecule has 0 bridgehead atoms. The highest BCUT2D eigenvalue weighted by Gasteiger charge is 2.36.